The minimum atomic E-state index is -0.450. The fraction of sp³-hybridized carbons (Fsp3) is 0.700. The van der Waals surface area contributed by atoms with Gasteiger partial charge in [-0.05, 0) is 30.4 Å². The van der Waals surface area contributed by atoms with E-state index in [0.717, 1.165) is 25.1 Å². The van der Waals surface area contributed by atoms with Gasteiger partial charge in [0.2, 0.25) is 0 Å². The Hall–Kier alpha value is -0.450. The molecule has 2 heterocycles. The molecule has 1 aliphatic rings. The first-order chi connectivity index (χ1) is 6.83. The zero-order valence-electron chi connectivity index (χ0n) is 8.22. The molecule has 1 fully saturated rings. The molecule has 0 bridgehead atoms. The lowest BCUT2D eigenvalue weighted by molar-refractivity contribution is 0.0293. The molecule has 0 amide bonds. The second-order valence-electron chi connectivity index (χ2n) is 3.64. The predicted molar refractivity (Wildman–Crippen MR) is 55.2 cm³/mol. The first-order valence-corrected chi connectivity index (χ1v) is 5.86. The fourth-order valence-electron chi connectivity index (χ4n) is 2.04. The van der Waals surface area contributed by atoms with Gasteiger partial charge in [0.1, 0.15) is 6.10 Å². The zero-order chi connectivity index (χ0) is 9.97. The van der Waals surface area contributed by atoms with Crippen molar-refractivity contribution in [3.63, 3.8) is 0 Å². The van der Waals surface area contributed by atoms with Crippen LogP contribution in [0.4, 0.5) is 0 Å². The van der Waals surface area contributed by atoms with Crippen molar-refractivity contribution in [2.75, 3.05) is 6.61 Å². The van der Waals surface area contributed by atoms with Crippen molar-refractivity contribution >= 4 is 11.5 Å². The Morgan fingerprint density at radius 3 is 3.29 bits per heavy atom. The molecule has 1 aromatic heterocycles. The van der Waals surface area contributed by atoms with Crippen LogP contribution in [0.25, 0.3) is 0 Å². The molecule has 1 N–H and O–H groups in total. The van der Waals surface area contributed by atoms with E-state index in [4.69, 9.17) is 4.74 Å². The molecule has 78 valence electrons. The molecule has 2 rings (SSSR count). The molecule has 3 unspecified atom stereocenters. The average Bonchev–Trinajstić information content (AvgIpc) is 2.87. The van der Waals surface area contributed by atoms with Gasteiger partial charge in [0, 0.05) is 17.9 Å². The summed E-state index contributed by atoms with van der Waals surface area (Å²) in [4.78, 5) is 0. The van der Waals surface area contributed by atoms with Gasteiger partial charge in [-0.3, -0.25) is 0 Å². The largest absolute Gasteiger partial charge is 0.386 e. The maximum atomic E-state index is 10.1. The van der Waals surface area contributed by atoms with Crippen LogP contribution in [0.3, 0.4) is 0 Å². The molecular weight excluding hydrogens is 198 g/mol. The Balaban J connectivity index is 2.07. The molecule has 0 spiro atoms. The normalized spacial score (nSPS) is 29.3. The van der Waals surface area contributed by atoms with Gasteiger partial charge < -0.3 is 9.84 Å². The van der Waals surface area contributed by atoms with Gasteiger partial charge in [-0.25, -0.2) is 0 Å². The van der Waals surface area contributed by atoms with Crippen LogP contribution < -0.4 is 0 Å². The quantitative estimate of drug-likeness (QED) is 0.835. The molecule has 1 aliphatic heterocycles. The molecule has 1 saturated heterocycles. The summed E-state index contributed by atoms with van der Waals surface area (Å²) in [7, 11) is 0. The van der Waals surface area contributed by atoms with Crippen molar-refractivity contribution in [3.8, 4) is 0 Å². The van der Waals surface area contributed by atoms with Crippen LogP contribution in [0.2, 0.25) is 0 Å². The standard InChI is InChI=1S/C10H15NO2S/c1-2-9-7(3-5-13-9)10(12)8-4-6-14-11-8/h4,6-7,9-10,12H,2-3,5H2,1H3. The second-order valence-corrected chi connectivity index (χ2v) is 4.30. The summed E-state index contributed by atoms with van der Waals surface area (Å²) < 4.78 is 9.72. The highest BCUT2D eigenvalue weighted by molar-refractivity contribution is 7.03. The summed E-state index contributed by atoms with van der Waals surface area (Å²) in [6, 6.07) is 1.89. The zero-order valence-corrected chi connectivity index (χ0v) is 9.04. The third-order valence-corrected chi connectivity index (χ3v) is 3.40. The first kappa shape index (κ1) is 10.1. The molecule has 3 atom stereocenters. The summed E-state index contributed by atoms with van der Waals surface area (Å²) >= 11 is 1.38. The number of aliphatic hydroxyl groups excluding tert-OH is 1. The van der Waals surface area contributed by atoms with E-state index in [-0.39, 0.29) is 12.0 Å². The average molecular weight is 213 g/mol. The molecule has 4 heteroatoms. The number of hydrogen-bond acceptors (Lipinski definition) is 4. The van der Waals surface area contributed by atoms with E-state index in [0.29, 0.717) is 0 Å². The van der Waals surface area contributed by atoms with E-state index in [1.54, 1.807) is 0 Å². The van der Waals surface area contributed by atoms with Crippen molar-refractivity contribution in [3.05, 3.63) is 17.1 Å². The predicted octanol–water partition coefficient (Wildman–Crippen LogP) is 1.99. The molecule has 0 radical (unpaired) electrons. The van der Waals surface area contributed by atoms with E-state index in [1.807, 2.05) is 11.4 Å². The molecule has 14 heavy (non-hydrogen) atoms. The van der Waals surface area contributed by atoms with Crippen LogP contribution in [0.5, 0.6) is 0 Å². The van der Waals surface area contributed by atoms with E-state index in [2.05, 4.69) is 11.3 Å². The van der Waals surface area contributed by atoms with Crippen molar-refractivity contribution in [1.29, 1.82) is 0 Å². The van der Waals surface area contributed by atoms with Gasteiger partial charge >= 0.3 is 0 Å². The Bertz CT molecular complexity index is 276. The topological polar surface area (TPSA) is 42.4 Å². The molecule has 1 aromatic rings. The molecular formula is C10H15NO2S. The molecule has 0 aliphatic carbocycles. The number of hydrogen-bond donors (Lipinski definition) is 1. The van der Waals surface area contributed by atoms with Gasteiger partial charge in [0.15, 0.2) is 0 Å². The second kappa shape index (κ2) is 4.38. The fourth-order valence-corrected chi connectivity index (χ4v) is 2.59. The Labute approximate surface area is 87.9 Å². The minimum Gasteiger partial charge on any atom is -0.386 e. The molecule has 3 nitrogen and oxygen atoms in total. The summed E-state index contributed by atoms with van der Waals surface area (Å²) in [5.41, 5.74) is 0.795. The van der Waals surface area contributed by atoms with Crippen LogP contribution in [-0.4, -0.2) is 22.2 Å². The van der Waals surface area contributed by atoms with Crippen molar-refractivity contribution in [1.82, 2.24) is 4.37 Å². The van der Waals surface area contributed by atoms with E-state index in [9.17, 15) is 5.11 Å². The van der Waals surface area contributed by atoms with Crippen molar-refractivity contribution in [2.24, 2.45) is 5.92 Å². The highest BCUT2D eigenvalue weighted by Crippen LogP contribution is 2.34. The Morgan fingerprint density at radius 1 is 1.79 bits per heavy atom. The third-order valence-electron chi connectivity index (χ3n) is 2.83. The van der Waals surface area contributed by atoms with Gasteiger partial charge in [0.25, 0.3) is 0 Å². The van der Waals surface area contributed by atoms with E-state index < -0.39 is 6.10 Å². The number of nitrogens with zero attached hydrogens (tertiary/aromatic N) is 1. The maximum absolute atomic E-state index is 10.1. The van der Waals surface area contributed by atoms with Crippen LogP contribution in [0, 0.1) is 5.92 Å². The minimum absolute atomic E-state index is 0.201. The highest BCUT2D eigenvalue weighted by Gasteiger charge is 2.34. The van der Waals surface area contributed by atoms with E-state index >= 15 is 0 Å². The number of aliphatic hydroxyl groups is 1. The Kier molecular flexibility index (Phi) is 3.15. The van der Waals surface area contributed by atoms with E-state index in [1.165, 1.54) is 11.5 Å². The van der Waals surface area contributed by atoms with Crippen molar-refractivity contribution in [2.45, 2.75) is 32.0 Å². The summed E-state index contributed by atoms with van der Waals surface area (Å²) in [5, 5.41) is 12.0. The summed E-state index contributed by atoms with van der Waals surface area (Å²) in [5.74, 6) is 0.224. The summed E-state index contributed by atoms with van der Waals surface area (Å²) in [6.45, 7) is 2.86. The van der Waals surface area contributed by atoms with Gasteiger partial charge in [0.05, 0.1) is 11.8 Å². The van der Waals surface area contributed by atoms with Crippen LogP contribution in [0.15, 0.2) is 11.4 Å². The van der Waals surface area contributed by atoms with Crippen molar-refractivity contribution < 1.29 is 9.84 Å². The monoisotopic (exact) mass is 213 g/mol. The Morgan fingerprint density at radius 2 is 2.64 bits per heavy atom. The molecule has 0 saturated carbocycles. The lowest BCUT2D eigenvalue weighted by Gasteiger charge is -2.21. The summed E-state index contributed by atoms with van der Waals surface area (Å²) in [6.07, 6.45) is 1.66. The lowest BCUT2D eigenvalue weighted by Crippen LogP contribution is -2.22. The number of ether oxygens (including phenoxy) is 1. The highest BCUT2D eigenvalue weighted by atomic mass is 32.1. The maximum Gasteiger partial charge on any atom is 0.102 e. The smallest absolute Gasteiger partial charge is 0.102 e. The third kappa shape index (κ3) is 1.82. The van der Waals surface area contributed by atoms with Crippen LogP contribution >= 0.6 is 11.5 Å². The van der Waals surface area contributed by atoms with Gasteiger partial charge in [-0.15, -0.1) is 0 Å². The number of aromatic nitrogens is 1. The van der Waals surface area contributed by atoms with Gasteiger partial charge in [-0.1, -0.05) is 6.92 Å². The molecule has 0 aromatic carbocycles. The van der Waals surface area contributed by atoms with Crippen LogP contribution in [0.1, 0.15) is 31.6 Å². The first-order valence-electron chi connectivity index (χ1n) is 5.03. The lowest BCUT2D eigenvalue weighted by atomic mass is 9.91. The van der Waals surface area contributed by atoms with Crippen LogP contribution in [-0.2, 0) is 4.74 Å². The van der Waals surface area contributed by atoms with Gasteiger partial charge in [-0.2, -0.15) is 4.37 Å². The number of rotatable bonds is 3. The SMILES string of the molecule is CCC1OCCC1C(O)c1ccsn1.